The minimum Gasteiger partial charge on any atom is -0.493 e. The molecule has 1 amide bonds. The van der Waals surface area contributed by atoms with Gasteiger partial charge in [0.05, 0.1) is 14.2 Å². The molecule has 1 atom stereocenters. The van der Waals surface area contributed by atoms with E-state index in [2.05, 4.69) is 5.32 Å². The highest BCUT2D eigenvalue weighted by Crippen LogP contribution is 2.27. The van der Waals surface area contributed by atoms with Gasteiger partial charge in [-0.1, -0.05) is 6.07 Å². The SMILES string of the molecule is COc1ccc(CNC(=O)COC(=O)C2CCCO2)cc1OC. The summed E-state index contributed by atoms with van der Waals surface area (Å²) in [6.45, 7) is 0.550. The number of amides is 1. The van der Waals surface area contributed by atoms with Crippen molar-refractivity contribution in [3.8, 4) is 11.5 Å². The minimum atomic E-state index is -0.534. The summed E-state index contributed by atoms with van der Waals surface area (Å²) in [6, 6.07) is 5.36. The van der Waals surface area contributed by atoms with Crippen molar-refractivity contribution in [3.05, 3.63) is 23.8 Å². The molecule has 0 radical (unpaired) electrons. The number of hydrogen-bond acceptors (Lipinski definition) is 6. The molecule has 1 fully saturated rings. The molecule has 1 aromatic rings. The quantitative estimate of drug-likeness (QED) is 0.755. The molecular weight excluding hydrogens is 302 g/mol. The molecule has 0 aliphatic carbocycles. The molecule has 23 heavy (non-hydrogen) atoms. The van der Waals surface area contributed by atoms with Gasteiger partial charge in [-0.2, -0.15) is 0 Å². The molecule has 1 saturated heterocycles. The van der Waals surface area contributed by atoms with E-state index in [1.165, 1.54) is 0 Å². The summed E-state index contributed by atoms with van der Waals surface area (Å²) >= 11 is 0. The Morgan fingerprint density at radius 1 is 1.26 bits per heavy atom. The van der Waals surface area contributed by atoms with Crippen LogP contribution in [0.1, 0.15) is 18.4 Å². The average molecular weight is 323 g/mol. The van der Waals surface area contributed by atoms with Gasteiger partial charge < -0.3 is 24.3 Å². The predicted molar refractivity (Wildman–Crippen MR) is 81.3 cm³/mol. The van der Waals surface area contributed by atoms with E-state index in [9.17, 15) is 9.59 Å². The number of rotatable bonds is 7. The lowest BCUT2D eigenvalue weighted by molar-refractivity contribution is -0.157. The summed E-state index contributed by atoms with van der Waals surface area (Å²) < 4.78 is 20.5. The monoisotopic (exact) mass is 323 g/mol. The Morgan fingerprint density at radius 3 is 2.70 bits per heavy atom. The fourth-order valence-electron chi connectivity index (χ4n) is 2.24. The Hall–Kier alpha value is -2.28. The molecule has 1 N–H and O–H groups in total. The van der Waals surface area contributed by atoms with Crippen molar-refractivity contribution in [2.75, 3.05) is 27.4 Å². The van der Waals surface area contributed by atoms with Gasteiger partial charge >= 0.3 is 5.97 Å². The Kier molecular flexibility index (Phi) is 6.22. The molecule has 0 saturated carbocycles. The second kappa shape index (κ2) is 8.38. The van der Waals surface area contributed by atoms with E-state index >= 15 is 0 Å². The fraction of sp³-hybridized carbons (Fsp3) is 0.500. The van der Waals surface area contributed by atoms with E-state index < -0.39 is 12.1 Å². The van der Waals surface area contributed by atoms with Gasteiger partial charge in [0.1, 0.15) is 0 Å². The largest absolute Gasteiger partial charge is 0.493 e. The van der Waals surface area contributed by atoms with E-state index in [1.54, 1.807) is 26.4 Å². The van der Waals surface area contributed by atoms with Crippen LogP contribution in [0, 0.1) is 0 Å². The van der Waals surface area contributed by atoms with Gasteiger partial charge in [-0.3, -0.25) is 4.79 Å². The standard InChI is InChI=1S/C16H21NO6/c1-20-12-6-5-11(8-14(12)21-2)9-17-15(18)10-23-16(19)13-4-3-7-22-13/h5-6,8,13H,3-4,7,9-10H2,1-2H3,(H,17,18). The molecule has 7 nitrogen and oxygen atoms in total. The molecule has 1 unspecified atom stereocenters. The van der Waals surface area contributed by atoms with Crippen molar-refractivity contribution in [2.45, 2.75) is 25.5 Å². The van der Waals surface area contributed by atoms with Crippen molar-refractivity contribution >= 4 is 11.9 Å². The second-order valence-corrected chi connectivity index (χ2v) is 5.08. The van der Waals surface area contributed by atoms with Crippen molar-refractivity contribution in [2.24, 2.45) is 0 Å². The van der Waals surface area contributed by atoms with Crippen molar-refractivity contribution in [3.63, 3.8) is 0 Å². The third-order valence-corrected chi connectivity index (χ3v) is 3.48. The van der Waals surface area contributed by atoms with Gasteiger partial charge in [-0.15, -0.1) is 0 Å². The Balaban J connectivity index is 1.76. The first-order valence-electron chi connectivity index (χ1n) is 7.40. The van der Waals surface area contributed by atoms with Crippen LogP contribution in [0.25, 0.3) is 0 Å². The number of carbonyl (C=O) groups is 2. The predicted octanol–water partition coefficient (Wildman–Crippen LogP) is 1.04. The van der Waals surface area contributed by atoms with E-state index in [1.807, 2.05) is 6.07 Å². The molecule has 2 rings (SSSR count). The van der Waals surface area contributed by atoms with Gasteiger partial charge in [0.25, 0.3) is 5.91 Å². The molecule has 1 heterocycles. The number of ether oxygens (including phenoxy) is 4. The van der Waals surface area contributed by atoms with Crippen LogP contribution in [-0.2, 0) is 25.6 Å². The summed E-state index contributed by atoms with van der Waals surface area (Å²) in [5, 5.41) is 2.68. The molecule has 0 aromatic heterocycles. The van der Waals surface area contributed by atoms with E-state index in [0.29, 0.717) is 31.1 Å². The van der Waals surface area contributed by atoms with Gasteiger partial charge in [0, 0.05) is 13.2 Å². The van der Waals surface area contributed by atoms with E-state index in [0.717, 1.165) is 12.0 Å². The lowest BCUT2D eigenvalue weighted by Crippen LogP contribution is -2.31. The number of carbonyl (C=O) groups excluding carboxylic acids is 2. The highest BCUT2D eigenvalue weighted by molar-refractivity contribution is 5.82. The normalized spacial score (nSPS) is 16.7. The highest BCUT2D eigenvalue weighted by Gasteiger charge is 2.25. The van der Waals surface area contributed by atoms with Crippen LogP contribution in [0.15, 0.2) is 18.2 Å². The molecule has 126 valence electrons. The molecule has 1 aromatic carbocycles. The number of hydrogen-bond donors (Lipinski definition) is 1. The van der Waals surface area contributed by atoms with Crippen LogP contribution in [0.5, 0.6) is 11.5 Å². The van der Waals surface area contributed by atoms with Crippen LogP contribution in [0.3, 0.4) is 0 Å². The molecule has 0 bridgehead atoms. The maximum absolute atomic E-state index is 11.7. The van der Waals surface area contributed by atoms with Crippen molar-refractivity contribution in [1.82, 2.24) is 5.32 Å². The number of benzene rings is 1. The summed E-state index contributed by atoms with van der Waals surface area (Å²) in [4.78, 5) is 23.3. The van der Waals surface area contributed by atoms with Crippen molar-refractivity contribution in [1.29, 1.82) is 0 Å². The first kappa shape index (κ1) is 17.1. The lowest BCUT2D eigenvalue weighted by atomic mass is 10.2. The fourth-order valence-corrected chi connectivity index (χ4v) is 2.24. The molecular formula is C16H21NO6. The van der Waals surface area contributed by atoms with Crippen LogP contribution < -0.4 is 14.8 Å². The van der Waals surface area contributed by atoms with Crippen LogP contribution in [-0.4, -0.2) is 45.4 Å². The lowest BCUT2D eigenvalue weighted by Gasteiger charge is -2.11. The average Bonchev–Trinajstić information content (AvgIpc) is 3.12. The summed E-state index contributed by atoms with van der Waals surface area (Å²) in [5.74, 6) is 0.354. The van der Waals surface area contributed by atoms with E-state index in [-0.39, 0.29) is 12.5 Å². The highest BCUT2D eigenvalue weighted by atomic mass is 16.6. The Bertz CT molecular complexity index is 554. The Labute approximate surface area is 134 Å². The van der Waals surface area contributed by atoms with Gasteiger partial charge in [0.2, 0.25) is 0 Å². The number of nitrogens with one attached hydrogen (secondary N) is 1. The van der Waals surface area contributed by atoms with Crippen LogP contribution in [0.2, 0.25) is 0 Å². The summed E-state index contributed by atoms with van der Waals surface area (Å²) in [6.07, 6.45) is 0.950. The first-order valence-corrected chi connectivity index (χ1v) is 7.40. The molecule has 7 heteroatoms. The van der Waals surface area contributed by atoms with Crippen LogP contribution in [0.4, 0.5) is 0 Å². The molecule has 1 aliphatic heterocycles. The third kappa shape index (κ3) is 4.85. The van der Waals surface area contributed by atoms with E-state index in [4.69, 9.17) is 18.9 Å². The molecule has 0 spiro atoms. The number of esters is 1. The van der Waals surface area contributed by atoms with Crippen molar-refractivity contribution < 1.29 is 28.5 Å². The maximum atomic E-state index is 11.7. The van der Waals surface area contributed by atoms with Gasteiger partial charge in [0.15, 0.2) is 24.2 Å². The second-order valence-electron chi connectivity index (χ2n) is 5.08. The Morgan fingerprint density at radius 2 is 2.04 bits per heavy atom. The zero-order valence-electron chi connectivity index (χ0n) is 13.3. The maximum Gasteiger partial charge on any atom is 0.335 e. The first-order chi connectivity index (χ1) is 11.1. The van der Waals surface area contributed by atoms with Crippen LogP contribution >= 0.6 is 0 Å². The zero-order chi connectivity index (χ0) is 16.7. The zero-order valence-corrected chi connectivity index (χ0v) is 13.3. The number of methoxy groups -OCH3 is 2. The summed E-state index contributed by atoms with van der Waals surface area (Å²) in [5.41, 5.74) is 0.849. The topological polar surface area (TPSA) is 83.1 Å². The third-order valence-electron chi connectivity index (χ3n) is 3.48. The summed E-state index contributed by atoms with van der Waals surface area (Å²) in [7, 11) is 3.10. The molecule has 1 aliphatic rings. The van der Waals surface area contributed by atoms with Gasteiger partial charge in [-0.05, 0) is 30.5 Å². The smallest absolute Gasteiger partial charge is 0.335 e. The minimum absolute atomic E-state index is 0.302. The van der Waals surface area contributed by atoms with Gasteiger partial charge in [-0.25, -0.2) is 4.79 Å².